The average Bonchev–Trinajstić information content (AvgIpc) is 2.59. The molecule has 0 bridgehead atoms. The van der Waals surface area contributed by atoms with E-state index >= 15 is 0 Å². The normalized spacial score (nSPS) is 13.3. The lowest BCUT2D eigenvalue weighted by molar-refractivity contribution is -0.138. The minimum Gasteiger partial charge on any atom is -0.544 e. The minimum absolute atomic E-state index is 0.165. The van der Waals surface area contributed by atoms with Crippen molar-refractivity contribution in [2.24, 2.45) is 0 Å². The lowest BCUT2D eigenvalue weighted by Gasteiger charge is -2.36. The number of benzene rings is 2. The van der Waals surface area contributed by atoms with Gasteiger partial charge in [-0.2, -0.15) is 0 Å². The van der Waals surface area contributed by atoms with Crippen molar-refractivity contribution in [1.29, 1.82) is 0 Å². The zero-order valence-corrected chi connectivity index (χ0v) is 18.6. The monoisotopic (exact) mass is 384 g/mol. The van der Waals surface area contributed by atoms with Crippen molar-refractivity contribution in [3.8, 4) is 16.9 Å². The third-order valence-corrected chi connectivity index (χ3v) is 10.1. The SMILES string of the molecule is CCc1cc(-c2ccc(O[Si](C)(C)C(C)(C)C)cc2)ccc1C(C)C(=O)O. The van der Waals surface area contributed by atoms with E-state index in [1.807, 2.05) is 24.3 Å². The van der Waals surface area contributed by atoms with Crippen molar-refractivity contribution in [2.75, 3.05) is 0 Å². The van der Waals surface area contributed by atoms with Crippen LogP contribution < -0.4 is 4.43 Å². The van der Waals surface area contributed by atoms with Gasteiger partial charge in [-0.05, 0) is 65.9 Å². The highest BCUT2D eigenvalue weighted by molar-refractivity contribution is 6.74. The van der Waals surface area contributed by atoms with Crippen molar-refractivity contribution >= 4 is 14.3 Å². The molecule has 0 aliphatic rings. The Kier molecular flexibility index (Phi) is 6.20. The molecule has 0 fully saturated rings. The molecular formula is C23H32O3Si. The Bertz CT molecular complexity index is 801. The van der Waals surface area contributed by atoms with E-state index in [9.17, 15) is 9.90 Å². The summed E-state index contributed by atoms with van der Waals surface area (Å²) in [5, 5.41) is 9.48. The fourth-order valence-corrected chi connectivity index (χ4v) is 3.84. The summed E-state index contributed by atoms with van der Waals surface area (Å²) in [6.45, 7) is 15.0. The molecule has 0 radical (unpaired) electrons. The largest absolute Gasteiger partial charge is 0.544 e. The van der Waals surface area contributed by atoms with Gasteiger partial charge in [-0.15, -0.1) is 0 Å². The van der Waals surface area contributed by atoms with E-state index in [1.54, 1.807) is 6.92 Å². The molecule has 2 aromatic rings. The van der Waals surface area contributed by atoms with Crippen LogP contribution in [0.4, 0.5) is 0 Å². The molecule has 0 aliphatic carbocycles. The molecule has 0 saturated carbocycles. The number of aryl methyl sites for hydroxylation is 1. The van der Waals surface area contributed by atoms with Gasteiger partial charge in [-0.1, -0.05) is 58.0 Å². The smallest absolute Gasteiger partial charge is 0.310 e. The number of hydrogen-bond acceptors (Lipinski definition) is 2. The first-order valence-electron chi connectivity index (χ1n) is 9.61. The predicted molar refractivity (Wildman–Crippen MR) is 115 cm³/mol. The summed E-state index contributed by atoms with van der Waals surface area (Å²) < 4.78 is 6.35. The lowest BCUT2D eigenvalue weighted by Crippen LogP contribution is -2.43. The molecule has 27 heavy (non-hydrogen) atoms. The van der Waals surface area contributed by atoms with Gasteiger partial charge in [0.05, 0.1) is 5.92 Å². The highest BCUT2D eigenvalue weighted by atomic mass is 28.4. The zero-order chi connectivity index (χ0) is 20.4. The third-order valence-electron chi connectivity index (χ3n) is 5.73. The van der Waals surface area contributed by atoms with Gasteiger partial charge in [0.1, 0.15) is 5.75 Å². The molecule has 4 heteroatoms. The Hall–Kier alpha value is -2.07. The number of carboxylic acids is 1. The summed E-state index contributed by atoms with van der Waals surface area (Å²) >= 11 is 0. The van der Waals surface area contributed by atoms with Crippen molar-refractivity contribution < 1.29 is 14.3 Å². The van der Waals surface area contributed by atoms with Crippen molar-refractivity contribution in [3.05, 3.63) is 53.6 Å². The number of carbonyl (C=O) groups is 1. The van der Waals surface area contributed by atoms with E-state index in [-0.39, 0.29) is 5.04 Å². The highest BCUT2D eigenvalue weighted by Crippen LogP contribution is 2.37. The molecule has 1 N–H and O–H groups in total. The van der Waals surface area contributed by atoms with Gasteiger partial charge in [0, 0.05) is 0 Å². The molecule has 3 nitrogen and oxygen atoms in total. The first kappa shape index (κ1) is 21.2. The van der Waals surface area contributed by atoms with Crippen LogP contribution in [0.5, 0.6) is 5.75 Å². The second-order valence-corrected chi connectivity index (χ2v) is 13.4. The van der Waals surface area contributed by atoms with Crippen LogP contribution in [0.3, 0.4) is 0 Å². The molecule has 0 amide bonds. The number of carboxylic acid groups (broad SMARTS) is 1. The van der Waals surface area contributed by atoms with Gasteiger partial charge < -0.3 is 9.53 Å². The maximum atomic E-state index is 11.3. The minimum atomic E-state index is -1.84. The van der Waals surface area contributed by atoms with Crippen LogP contribution in [0.1, 0.15) is 51.7 Å². The zero-order valence-electron chi connectivity index (χ0n) is 17.6. The van der Waals surface area contributed by atoms with E-state index in [2.05, 4.69) is 59.0 Å². The van der Waals surface area contributed by atoms with Gasteiger partial charge in [-0.25, -0.2) is 0 Å². The molecule has 0 spiro atoms. The molecule has 0 aliphatic heterocycles. The highest BCUT2D eigenvalue weighted by Gasteiger charge is 2.38. The molecular weight excluding hydrogens is 352 g/mol. The first-order valence-corrected chi connectivity index (χ1v) is 12.5. The van der Waals surface area contributed by atoms with E-state index in [4.69, 9.17) is 4.43 Å². The van der Waals surface area contributed by atoms with Crippen LogP contribution in [0.25, 0.3) is 11.1 Å². The molecule has 2 aromatic carbocycles. The second kappa shape index (κ2) is 7.89. The number of rotatable bonds is 6. The Morgan fingerprint density at radius 2 is 1.63 bits per heavy atom. The van der Waals surface area contributed by atoms with E-state index in [1.165, 1.54) is 0 Å². The van der Waals surface area contributed by atoms with Crippen molar-refractivity contribution in [1.82, 2.24) is 0 Å². The maximum absolute atomic E-state index is 11.3. The summed E-state index contributed by atoms with van der Waals surface area (Å²) in [7, 11) is -1.84. The average molecular weight is 385 g/mol. The standard InChI is InChI=1S/C23H32O3Si/c1-8-17-15-19(11-14-21(17)16(2)22(24)25)18-9-12-20(13-10-18)26-27(6,7)23(3,4)5/h9-16H,8H2,1-7H3,(H,24,25). The molecule has 0 aromatic heterocycles. The second-order valence-electron chi connectivity index (χ2n) is 8.71. The molecule has 0 heterocycles. The van der Waals surface area contributed by atoms with Gasteiger partial charge in [0.2, 0.25) is 8.32 Å². The third kappa shape index (κ3) is 4.81. The van der Waals surface area contributed by atoms with Gasteiger partial charge >= 0.3 is 5.97 Å². The van der Waals surface area contributed by atoms with E-state index in [0.29, 0.717) is 0 Å². The van der Waals surface area contributed by atoms with Crippen LogP contribution in [0, 0.1) is 0 Å². The Morgan fingerprint density at radius 3 is 2.11 bits per heavy atom. The first-order chi connectivity index (χ1) is 12.5. The predicted octanol–water partition coefficient (Wildman–Crippen LogP) is 6.49. The summed E-state index contributed by atoms with van der Waals surface area (Å²) in [5.41, 5.74) is 4.20. The van der Waals surface area contributed by atoms with Crippen LogP contribution in [0.2, 0.25) is 18.1 Å². The van der Waals surface area contributed by atoms with Gasteiger partial charge in [0.15, 0.2) is 0 Å². The van der Waals surface area contributed by atoms with Crippen LogP contribution in [-0.4, -0.2) is 19.4 Å². The fraction of sp³-hybridized carbons (Fsp3) is 0.435. The fourth-order valence-electron chi connectivity index (χ4n) is 2.81. The van der Waals surface area contributed by atoms with E-state index < -0.39 is 20.2 Å². The Balaban J connectivity index is 2.28. The quantitative estimate of drug-likeness (QED) is 0.579. The maximum Gasteiger partial charge on any atom is 0.310 e. The summed E-state index contributed by atoms with van der Waals surface area (Å²) in [6.07, 6.45) is 0.813. The topological polar surface area (TPSA) is 46.5 Å². The van der Waals surface area contributed by atoms with Crippen LogP contribution in [-0.2, 0) is 11.2 Å². The Morgan fingerprint density at radius 1 is 1.07 bits per heavy atom. The molecule has 1 unspecified atom stereocenters. The summed E-state index contributed by atoms with van der Waals surface area (Å²) in [4.78, 5) is 11.3. The molecule has 0 saturated heterocycles. The number of aliphatic carboxylic acids is 1. The van der Waals surface area contributed by atoms with Crippen LogP contribution >= 0.6 is 0 Å². The number of hydrogen-bond donors (Lipinski definition) is 1. The molecule has 1 atom stereocenters. The van der Waals surface area contributed by atoms with Crippen molar-refractivity contribution in [3.63, 3.8) is 0 Å². The van der Waals surface area contributed by atoms with Gasteiger partial charge in [-0.3, -0.25) is 4.79 Å². The molecule has 146 valence electrons. The van der Waals surface area contributed by atoms with Gasteiger partial charge in [0.25, 0.3) is 0 Å². The lowest BCUT2D eigenvalue weighted by atomic mass is 9.91. The van der Waals surface area contributed by atoms with Crippen molar-refractivity contribution in [2.45, 2.75) is 65.1 Å². The summed E-state index contributed by atoms with van der Waals surface area (Å²) in [5.74, 6) is -0.365. The Labute approximate surface area is 164 Å². The van der Waals surface area contributed by atoms with Crippen LogP contribution in [0.15, 0.2) is 42.5 Å². The van der Waals surface area contributed by atoms with E-state index in [0.717, 1.165) is 34.4 Å². The summed E-state index contributed by atoms with van der Waals surface area (Å²) in [6, 6.07) is 14.3. The molecule has 2 rings (SSSR count).